The van der Waals surface area contributed by atoms with Crippen LogP contribution in [0.25, 0.3) is 0 Å². The monoisotopic (exact) mass is 1300 g/mol. The number of nitrogens with one attached hydrogen (secondary N) is 4. The van der Waals surface area contributed by atoms with E-state index in [4.69, 9.17) is 38.3 Å². The molecule has 0 radical (unpaired) electrons. The van der Waals surface area contributed by atoms with E-state index in [9.17, 15) is 19.2 Å². The number of hydrogen-bond donors (Lipinski definition) is 4. The minimum atomic E-state index is -0.515. The predicted octanol–water partition coefficient (Wildman–Crippen LogP) is 14.1. The van der Waals surface area contributed by atoms with Crippen molar-refractivity contribution in [3.8, 4) is 23.0 Å². The maximum atomic E-state index is 14.0. The second-order valence-electron chi connectivity index (χ2n) is 28.6. The zero-order valence-corrected chi connectivity index (χ0v) is 57.6. The number of carbonyl (C=O) groups excluding carboxylic acids is 4. The Morgan fingerprint density at radius 2 is 0.448 bits per heavy atom. The molecule has 4 amide bonds. The molecule has 0 fully saturated rings. The topological polar surface area (TPSA) is 190 Å². The molecule has 1 aliphatic rings. The summed E-state index contributed by atoms with van der Waals surface area (Å²) >= 11 is 0. The van der Waals surface area contributed by atoms with Crippen molar-refractivity contribution < 1.29 is 57.5 Å². The molecule has 0 spiro atoms. The Kier molecular flexibility index (Phi) is 23.6. The van der Waals surface area contributed by atoms with Crippen LogP contribution in [0.3, 0.4) is 0 Å². The number of fused-ring (bicyclic) bond motifs is 8. The van der Waals surface area contributed by atoms with Crippen molar-refractivity contribution in [3.05, 3.63) is 259 Å². The van der Waals surface area contributed by atoms with Gasteiger partial charge in [0.1, 0.15) is 23.0 Å². The van der Waals surface area contributed by atoms with E-state index in [1.165, 1.54) is 0 Å². The van der Waals surface area contributed by atoms with E-state index in [0.29, 0.717) is 23.0 Å². The molecule has 0 aliphatic heterocycles. The number of benzene rings is 8. The van der Waals surface area contributed by atoms with E-state index in [1.807, 2.05) is 121 Å². The lowest BCUT2D eigenvalue weighted by Crippen LogP contribution is -2.30. The fraction of sp³-hybridized carbons (Fsp3) is 0.350. The van der Waals surface area contributed by atoms with Crippen LogP contribution in [-0.4, -0.2) is 50.1 Å². The lowest BCUT2D eigenvalue weighted by Gasteiger charge is -2.29. The number of rotatable bonds is 24. The van der Waals surface area contributed by atoms with Crippen molar-refractivity contribution in [2.24, 2.45) is 0 Å². The van der Waals surface area contributed by atoms with Crippen LogP contribution in [0.5, 0.6) is 23.0 Å². The van der Waals surface area contributed by atoms with Crippen LogP contribution >= 0.6 is 0 Å². The van der Waals surface area contributed by atoms with Gasteiger partial charge in [0.05, 0.1) is 26.4 Å². The summed E-state index contributed by atoms with van der Waals surface area (Å²) in [6, 6.07) is 55.1. The molecule has 0 saturated heterocycles. The van der Waals surface area contributed by atoms with Gasteiger partial charge in [-0.25, -0.2) is 21.9 Å². The van der Waals surface area contributed by atoms with E-state index in [2.05, 4.69) is 154 Å². The molecule has 9 rings (SSSR count). The van der Waals surface area contributed by atoms with Crippen LogP contribution in [-0.2, 0) is 112 Å². The molecular weight excluding hydrogens is 1210 g/mol. The van der Waals surface area contributed by atoms with Gasteiger partial charge in [-0.2, -0.15) is 0 Å². The summed E-state index contributed by atoms with van der Waals surface area (Å²) in [5, 5.41) is 0. The average molecular weight is 1300 g/mol. The summed E-state index contributed by atoms with van der Waals surface area (Å²) in [5.74, 6) is -0.295. The largest absolute Gasteiger partial charge is 0.483 e. The summed E-state index contributed by atoms with van der Waals surface area (Å²) in [4.78, 5) is 79.1. The van der Waals surface area contributed by atoms with Crippen LogP contribution in [0.1, 0.15) is 172 Å². The Bertz CT molecular complexity index is 3350. The fourth-order valence-corrected chi connectivity index (χ4v) is 11.1. The fourth-order valence-electron chi connectivity index (χ4n) is 11.1. The first-order valence-corrected chi connectivity index (χ1v) is 32.7. The van der Waals surface area contributed by atoms with Crippen molar-refractivity contribution in [2.75, 3.05) is 26.4 Å². The minimum absolute atomic E-state index is 0.135. The Balaban J connectivity index is 1.25. The van der Waals surface area contributed by atoms with Gasteiger partial charge in [0.25, 0.3) is 23.6 Å². The number of carbonyl (C=O) groups is 4. The first-order chi connectivity index (χ1) is 45.7. The minimum Gasteiger partial charge on any atom is -0.483 e. The van der Waals surface area contributed by atoms with Crippen molar-refractivity contribution in [1.82, 2.24) is 21.9 Å². The Morgan fingerprint density at radius 3 is 0.604 bits per heavy atom. The van der Waals surface area contributed by atoms with Crippen LogP contribution in [0, 0.1) is 0 Å². The van der Waals surface area contributed by atoms with Crippen molar-refractivity contribution in [1.29, 1.82) is 0 Å². The summed E-state index contributed by atoms with van der Waals surface area (Å²) < 4.78 is 27.7. The van der Waals surface area contributed by atoms with Gasteiger partial charge in [-0.1, -0.05) is 253 Å². The first-order valence-electron chi connectivity index (χ1n) is 32.7. The smallest absolute Gasteiger partial charge is 0.281 e. The molecule has 8 aromatic carbocycles. The zero-order valence-electron chi connectivity index (χ0n) is 57.6. The van der Waals surface area contributed by atoms with Gasteiger partial charge < -0.3 is 18.9 Å². The Labute approximate surface area is 565 Å². The van der Waals surface area contributed by atoms with Crippen LogP contribution in [0.2, 0.25) is 0 Å². The maximum Gasteiger partial charge on any atom is 0.281 e. The molecule has 16 nitrogen and oxygen atoms in total. The average Bonchev–Trinajstić information content (AvgIpc) is 0.766. The second-order valence-corrected chi connectivity index (χ2v) is 28.6. The third-order valence-corrected chi connectivity index (χ3v) is 16.4. The molecule has 0 unspecified atom stereocenters. The third-order valence-electron chi connectivity index (χ3n) is 16.4. The molecular formula is C80H92N4O12. The molecule has 16 heteroatoms. The third kappa shape index (κ3) is 20.4. The van der Waals surface area contributed by atoms with Gasteiger partial charge in [0, 0.05) is 25.7 Å². The van der Waals surface area contributed by atoms with Crippen LogP contribution in [0.15, 0.2) is 170 Å². The van der Waals surface area contributed by atoms with E-state index in [-0.39, 0.29) is 52.1 Å². The van der Waals surface area contributed by atoms with Crippen molar-refractivity contribution >= 4 is 23.6 Å². The van der Waals surface area contributed by atoms with E-state index in [0.717, 1.165) is 89.0 Å². The first kappa shape index (κ1) is 71.0. The summed E-state index contributed by atoms with van der Waals surface area (Å²) in [5.41, 5.74) is 21.9. The SMILES string of the molecule is CC(C)(C)c1cc2c(OCC(=O)NOCc3ccccc3)c(c1)Cc1cc(C(C)(C)C)cc(c1OCC(=O)NOCc1ccccc1)Cc1cc(C(C)(C)C)cc(c1OCC(=O)NOCc1ccccc1)Cc1cc(C(C)(C)C)cc(c1OCC(=O)NOCc1ccccc1)C2. The highest BCUT2D eigenvalue weighted by Gasteiger charge is 2.31. The number of hydroxylamine groups is 4. The second kappa shape index (κ2) is 31.9. The van der Waals surface area contributed by atoms with Gasteiger partial charge in [0.2, 0.25) is 0 Å². The molecule has 4 N–H and O–H groups in total. The van der Waals surface area contributed by atoms with Crippen LogP contribution < -0.4 is 40.9 Å². The molecule has 0 aromatic heterocycles. The summed E-state index contributed by atoms with van der Waals surface area (Å²) in [6.07, 6.45) is 0.763. The van der Waals surface area contributed by atoms with Gasteiger partial charge in [-0.3, -0.25) is 38.5 Å². The number of hydrogen-bond acceptors (Lipinski definition) is 12. The van der Waals surface area contributed by atoms with Crippen LogP contribution in [0.4, 0.5) is 0 Å². The molecule has 8 aromatic rings. The lowest BCUT2D eigenvalue weighted by molar-refractivity contribution is -0.137. The lowest BCUT2D eigenvalue weighted by atomic mass is 9.79. The molecule has 8 bridgehead atoms. The highest BCUT2D eigenvalue weighted by atomic mass is 16.7. The van der Waals surface area contributed by atoms with Gasteiger partial charge in [-0.05, 0) is 111 Å². The standard InChI is InChI=1S/C80H92N4O12/c1-77(2,3)65-37-57-33-59-39-66(78(4,5)6)41-61(74(59)90-50-70(86)82-94-46-54-27-19-14-20-28-54)35-63-43-68(80(10,11)12)44-64(76(63)92-52-72(88)84-96-48-56-31-23-16-24-32-56)36-62-42-67(79(7,8)9)40-60(75(62)91-51-71(87)83-95-47-55-29-21-15-22-30-55)34-58(38-65)73(57)89-49-69(85)81-93-45-53-25-17-13-18-26-53/h13-32,37-44H,33-36,45-52H2,1-12H3,(H,81,85)(H,82,86)(H,83,87)(H,84,88). The van der Waals surface area contributed by atoms with Crippen molar-refractivity contribution in [3.63, 3.8) is 0 Å². The number of ether oxygens (including phenoxy) is 4. The highest BCUT2D eigenvalue weighted by molar-refractivity contribution is 5.78. The quantitative estimate of drug-likeness (QED) is 0.0420. The maximum absolute atomic E-state index is 14.0. The Hall–Kier alpha value is -9.32. The van der Waals surface area contributed by atoms with Gasteiger partial charge in [0.15, 0.2) is 26.4 Å². The van der Waals surface area contributed by atoms with E-state index in [1.54, 1.807) is 0 Å². The number of amides is 4. The molecule has 96 heavy (non-hydrogen) atoms. The van der Waals surface area contributed by atoms with E-state index >= 15 is 0 Å². The summed E-state index contributed by atoms with van der Waals surface area (Å²) in [7, 11) is 0. The van der Waals surface area contributed by atoms with E-state index < -0.39 is 71.7 Å². The summed E-state index contributed by atoms with van der Waals surface area (Å²) in [6.45, 7) is 24.7. The van der Waals surface area contributed by atoms with Crippen molar-refractivity contribution in [2.45, 2.75) is 157 Å². The molecule has 0 saturated carbocycles. The highest BCUT2D eigenvalue weighted by Crippen LogP contribution is 2.45. The molecule has 0 atom stereocenters. The normalized spacial score (nSPS) is 12.5. The van der Waals surface area contributed by atoms with Gasteiger partial charge in [-0.15, -0.1) is 0 Å². The van der Waals surface area contributed by atoms with Gasteiger partial charge >= 0.3 is 0 Å². The Morgan fingerprint density at radius 1 is 0.281 bits per heavy atom. The molecule has 0 heterocycles. The molecule has 1 aliphatic carbocycles. The zero-order chi connectivity index (χ0) is 68.6. The molecule has 504 valence electrons. The predicted molar refractivity (Wildman–Crippen MR) is 371 cm³/mol.